The summed E-state index contributed by atoms with van der Waals surface area (Å²) in [5.41, 5.74) is 2.01. The molecule has 1 aromatic heterocycles. The van der Waals surface area contributed by atoms with E-state index in [-0.39, 0.29) is 5.92 Å². The van der Waals surface area contributed by atoms with E-state index >= 15 is 0 Å². The van der Waals surface area contributed by atoms with Crippen LogP contribution in [0.25, 0.3) is 10.9 Å². The lowest BCUT2D eigenvalue weighted by molar-refractivity contribution is -0.137. The van der Waals surface area contributed by atoms with Crippen molar-refractivity contribution in [2.45, 2.75) is 24.9 Å². The van der Waals surface area contributed by atoms with Crippen molar-refractivity contribution >= 4 is 26.8 Å². The molecular weight excluding hydrogens is 393 g/mol. The highest BCUT2D eigenvalue weighted by Gasteiger charge is 2.30. The van der Waals surface area contributed by atoms with Gasteiger partial charge in [-0.25, -0.2) is 0 Å². The molecule has 3 rings (SSSR count). The zero-order valence-electron chi connectivity index (χ0n) is 13.1. The Hall–Kier alpha value is -2.26. The number of alkyl halides is 3. The minimum atomic E-state index is -4.35. The molecule has 1 N–H and O–H groups in total. The molecule has 0 saturated carbocycles. The predicted molar refractivity (Wildman–Crippen MR) is 94.1 cm³/mol. The quantitative estimate of drug-likeness (QED) is 0.535. The number of nitriles is 1. The third kappa shape index (κ3) is 3.57. The Bertz CT molecular complexity index is 920. The minimum Gasteiger partial charge on any atom is -0.360 e. The maximum atomic E-state index is 12.8. The zero-order valence-corrected chi connectivity index (χ0v) is 14.7. The number of aromatic nitrogens is 1. The summed E-state index contributed by atoms with van der Waals surface area (Å²) in [6.45, 7) is 0. The van der Waals surface area contributed by atoms with Gasteiger partial charge in [0.05, 0.1) is 17.1 Å². The van der Waals surface area contributed by atoms with Gasteiger partial charge in [0.25, 0.3) is 0 Å². The van der Waals surface area contributed by atoms with Crippen LogP contribution in [0.4, 0.5) is 13.2 Å². The molecular formula is C19H14BrF3N2. The van der Waals surface area contributed by atoms with E-state index in [1.165, 1.54) is 12.1 Å². The number of nitrogens with zero attached hydrogens (tertiary/aromatic N) is 1. The number of H-pyrrole nitrogens is 1. The minimum absolute atomic E-state index is 0.148. The second-order valence-electron chi connectivity index (χ2n) is 5.78. The number of fused-ring (bicyclic) bond motifs is 1. The molecule has 0 aliphatic heterocycles. The van der Waals surface area contributed by atoms with E-state index in [4.69, 9.17) is 5.26 Å². The summed E-state index contributed by atoms with van der Waals surface area (Å²) in [6, 6.07) is 13.1. The fraction of sp³-hybridized carbons (Fsp3) is 0.211. The molecule has 1 atom stereocenters. The highest BCUT2D eigenvalue weighted by Crippen LogP contribution is 2.37. The zero-order chi connectivity index (χ0) is 18.0. The van der Waals surface area contributed by atoms with E-state index < -0.39 is 11.7 Å². The third-order valence-corrected chi connectivity index (χ3v) is 4.92. The van der Waals surface area contributed by atoms with Crippen LogP contribution in [-0.4, -0.2) is 4.98 Å². The Morgan fingerprint density at radius 2 is 1.84 bits per heavy atom. The molecule has 0 spiro atoms. The van der Waals surface area contributed by atoms with Crippen molar-refractivity contribution < 1.29 is 13.2 Å². The van der Waals surface area contributed by atoms with E-state index in [0.29, 0.717) is 12.8 Å². The molecule has 1 heterocycles. The van der Waals surface area contributed by atoms with Crippen LogP contribution in [0.3, 0.4) is 0 Å². The third-order valence-electron chi connectivity index (χ3n) is 4.26. The number of nitrogens with one attached hydrogen (secondary N) is 1. The van der Waals surface area contributed by atoms with Crippen LogP contribution in [-0.2, 0) is 6.18 Å². The number of aromatic amines is 1. The average Bonchev–Trinajstić information content (AvgIpc) is 3.00. The molecule has 6 heteroatoms. The van der Waals surface area contributed by atoms with E-state index in [1.807, 2.05) is 24.4 Å². The van der Waals surface area contributed by atoms with E-state index in [9.17, 15) is 13.2 Å². The summed E-state index contributed by atoms with van der Waals surface area (Å²) in [5.74, 6) is -0.148. The van der Waals surface area contributed by atoms with Gasteiger partial charge in [0.15, 0.2) is 0 Å². The molecule has 0 saturated heterocycles. The molecule has 0 aliphatic rings. The largest absolute Gasteiger partial charge is 0.416 e. The van der Waals surface area contributed by atoms with Gasteiger partial charge < -0.3 is 4.98 Å². The molecule has 128 valence electrons. The van der Waals surface area contributed by atoms with Gasteiger partial charge in [-0.05, 0) is 51.7 Å². The first-order valence-electron chi connectivity index (χ1n) is 7.71. The van der Waals surface area contributed by atoms with Crippen molar-refractivity contribution in [3.8, 4) is 6.07 Å². The normalized spacial score (nSPS) is 12.9. The lowest BCUT2D eigenvalue weighted by Gasteiger charge is -2.17. The van der Waals surface area contributed by atoms with Gasteiger partial charge in [-0.3, -0.25) is 0 Å². The fourth-order valence-electron chi connectivity index (χ4n) is 3.04. The smallest absolute Gasteiger partial charge is 0.360 e. The van der Waals surface area contributed by atoms with Crippen LogP contribution in [0.1, 0.15) is 35.4 Å². The van der Waals surface area contributed by atoms with Crippen molar-refractivity contribution in [2.24, 2.45) is 0 Å². The summed E-state index contributed by atoms with van der Waals surface area (Å²) in [7, 11) is 0. The average molecular weight is 407 g/mol. The first kappa shape index (κ1) is 17.6. The molecule has 1 unspecified atom stereocenters. The van der Waals surface area contributed by atoms with E-state index in [2.05, 4.69) is 27.0 Å². The molecule has 0 bridgehead atoms. The number of hydrogen-bond acceptors (Lipinski definition) is 1. The lowest BCUT2D eigenvalue weighted by Crippen LogP contribution is -2.06. The second kappa shape index (κ2) is 6.93. The van der Waals surface area contributed by atoms with Gasteiger partial charge in [-0.1, -0.05) is 24.3 Å². The van der Waals surface area contributed by atoms with Gasteiger partial charge in [0.2, 0.25) is 0 Å². The monoisotopic (exact) mass is 406 g/mol. The Morgan fingerprint density at radius 1 is 1.12 bits per heavy atom. The fourth-order valence-corrected chi connectivity index (χ4v) is 3.52. The van der Waals surface area contributed by atoms with Crippen LogP contribution in [0.2, 0.25) is 0 Å². The summed E-state index contributed by atoms with van der Waals surface area (Å²) < 4.78 is 39.3. The Balaban J connectivity index is 2.05. The molecule has 0 aliphatic carbocycles. The highest BCUT2D eigenvalue weighted by atomic mass is 79.9. The van der Waals surface area contributed by atoms with Crippen LogP contribution in [0, 0.1) is 11.3 Å². The summed E-state index contributed by atoms with van der Waals surface area (Å²) in [5, 5.41) is 9.95. The summed E-state index contributed by atoms with van der Waals surface area (Å²) in [4.78, 5) is 3.21. The highest BCUT2D eigenvalue weighted by molar-refractivity contribution is 9.10. The number of rotatable bonds is 4. The first-order valence-corrected chi connectivity index (χ1v) is 8.50. The van der Waals surface area contributed by atoms with Crippen molar-refractivity contribution in [3.05, 3.63) is 69.8 Å². The van der Waals surface area contributed by atoms with Crippen molar-refractivity contribution in [1.29, 1.82) is 5.26 Å². The van der Waals surface area contributed by atoms with Gasteiger partial charge in [-0.2, -0.15) is 18.4 Å². The molecule has 2 aromatic carbocycles. The lowest BCUT2D eigenvalue weighted by atomic mass is 9.87. The molecule has 2 nitrogen and oxygen atoms in total. The second-order valence-corrected chi connectivity index (χ2v) is 6.63. The number of hydrogen-bond donors (Lipinski definition) is 1. The van der Waals surface area contributed by atoms with E-state index in [1.54, 1.807) is 0 Å². The standard InChI is InChI=1S/C19H14BrF3N2/c20-17-5-1-3-15-16(11-25-18(15)17)14(4-2-10-24)12-6-8-13(9-7-12)19(21,22)23/h1,3,5-9,11,14,25H,2,4H2. The predicted octanol–water partition coefficient (Wildman–Crippen LogP) is 6.38. The number of benzene rings is 2. The van der Waals surface area contributed by atoms with Crippen LogP contribution >= 0.6 is 15.9 Å². The Morgan fingerprint density at radius 3 is 2.48 bits per heavy atom. The van der Waals surface area contributed by atoms with Crippen molar-refractivity contribution in [1.82, 2.24) is 4.98 Å². The van der Waals surface area contributed by atoms with Crippen molar-refractivity contribution in [2.75, 3.05) is 0 Å². The SMILES string of the molecule is N#CCCC(c1ccc(C(F)(F)F)cc1)c1c[nH]c2c(Br)cccc12. The Labute approximate surface area is 151 Å². The van der Waals surface area contributed by atoms with Gasteiger partial charge in [-0.15, -0.1) is 0 Å². The molecule has 0 fully saturated rings. The van der Waals surface area contributed by atoms with Crippen LogP contribution in [0.15, 0.2) is 53.1 Å². The van der Waals surface area contributed by atoms with E-state index in [0.717, 1.165) is 38.6 Å². The maximum Gasteiger partial charge on any atom is 0.416 e. The van der Waals surface area contributed by atoms with Gasteiger partial charge in [0.1, 0.15) is 0 Å². The molecule has 3 aromatic rings. The number of para-hydroxylation sites is 1. The maximum absolute atomic E-state index is 12.8. The molecule has 0 radical (unpaired) electrons. The Kier molecular flexibility index (Phi) is 4.87. The van der Waals surface area contributed by atoms with Crippen molar-refractivity contribution in [3.63, 3.8) is 0 Å². The van der Waals surface area contributed by atoms with Crippen LogP contribution in [0.5, 0.6) is 0 Å². The first-order chi connectivity index (χ1) is 11.9. The molecule has 0 amide bonds. The summed E-state index contributed by atoms with van der Waals surface area (Å²) in [6.07, 6.45) is -1.62. The van der Waals surface area contributed by atoms with Crippen LogP contribution < -0.4 is 0 Å². The van der Waals surface area contributed by atoms with Gasteiger partial charge >= 0.3 is 6.18 Å². The number of halogens is 4. The summed E-state index contributed by atoms with van der Waals surface area (Å²) >= 11 is 3.49. The topological polar surface area (TPSA) is 39.6 Å². The molecule has 25 heavy (non-hydrogen) atoms. The van der Waals surface area contributed by atoms with Gasteiger partial charge in [0, 0.05) is 28.4 Å².